The van der Waals surface area contributed by atoms with Crippen LogP contribution in [-0.2, 0) is 4.79 Å². The van der Waals surface area contributed by atoms with Crippen LogP contribution >= 0.6 is 15.9 Å². The van der Waals surface area contributed by atoms with Gasteiger partial charge in [-0.05, 0) is 73.4 Å². The summed E-state index contributed by atoms with van der Waals surface area (Å²) in [5.41, 5.74) is 4.82. The smallest absolute Gasteiger partial charge is 0.227 e. The van der Waals surface area contributed by atoms with E-state index in [2.05, 4.69) is 48.0 Å². The fourth-order valence-electron chi connectivity index (χ4n) is 3.92. The molecule has 1 fully saturated rings. The maximum absolute atomic E-state index is 12.8. The number of hydrogen-bond donors (Lipinski definition) is 0. The number of nitrogens with zero attached hydrogens (tertiary/aromatic N) is 1. The zero-order valence-corrected chi connectivity index (χ0v) is 16.9. The lowest BCUT2D eigenvalue weighted by Gasteiger charge is -2.30. The minimum atomic E-state index is 0.208. The van der Waals surface area contributed by atoms with Crippen LogP contribution in [0.2, 0.25) is 0 Å². The lowest BCUT2D eigenvalue weighted by Crippen LogP contribution is -2.36. The van der Waals surface area contributed by atoms with Crippen LogP contribution in [0.3, 0.4) is 0 Å². The summed E-state index contributed by atoms with van der Waals surface area (Å²) in [6.45, 7) is 5.60. The van der Waals surface area contributed by atoms with Gasteiger partial charge in [-0.15, -0.1) is 0 Å². The van der Waals surface area contributed by atoms with Gasteiger partial charge >= 0.3 is 0 Å². The third kappa shape index (κ3) is 3.27. The standard InChI is InChI=1S/C22H24BrNO2/c1-14-6-3-9-20(15(14)2)26-11-5-10-21(25)24-13-16-12-17(16)22-18(23)7-4-8-19(22)24/h3-4,6-9,16-17H,5,10-13H2,1-2H3. The first kappa shape index (κ1) is 17.6. The van der Waals surface area contributed by atoms with E-state index in [0.29, 0.717) is 24.9 Å². The fourth-order valence-corrected chi connectivity index (χ4v) is 4.57. The molecule has 26 heavy (non-hydrogen) atoms. The molecule has 0 bridgehead atoms. The van der Waals surface area contributed by atoms with Gasteiger partial charge in [0.05, 0.1) is 6.61 Å². The zero-order chi connectivity index (χ0) is 18.3. The highest BCUT2D eigenvalue weighted by Gasteiger charge is 2.47. The van der Waals surface area contributed by atoms with Crippen molar-refractivity contribution in [2.24, 2.45) is 5.92 Å². The Morgan fingerprint density at radius 2 is 2.04 bits per heavy atom. The second-order valence-corrected chi connectivity index (χ2v) is 8.28. The number of fused-ring (bicyclic) bond motifs is 3. The third-order valence-electron chi connectivity index (χ3n) is 5.68. The Hall–Kier alpha value is -1.81. The summed E-state index contributed by atoms with van der Waals surface area (Å²) < 4.78 is 7.03. The van der Waals surface area contributed by atoms with Crippen molar-refractivity contribution in [3.8, 4) is 5.75 Å². The van der Waals surface area contributed by atoms with E-state index in [0.717, 1.165) is 28.9 Å². The molecule has 0 spiro atoms. The number of benzene rings is 2. The van der Waals surface area contributed by atoms with E-state index in [4.69, 9.17) is 4.74 Å². The number of anilines is 1. The van der Waals surface area contributed by atoms with Crippen molar-refractivity contribution >= 4 is 27.5 Å². The largest absolute Gasteiger partial charge is 0.493 e. The Labute approximate surface area is 163 Å². The molecular weight excluding hydrogens is 390 g/mol. The molecular formula is C22H24BrNO2. The van der Waals surface area contributed by atoms with E-state index in [-0.39, 0.29) is 5.91 Å². The lowest BCUT2D eigenvalue weighted by atomic mass is 10.0. The highest BCUT2D eigenvalue weighted by Crippen LogP contribution is 2.56. The maximum Gasteiger partial charge on any atom is 0.227 e. The van der Waals surface area contributed by atoms with Crippen LogP contribution in [0.1, 0.15) is 41.9 Å². The van der Waals surface area contributed by atoms with Crippen molar-refractivity contribution in [2.75, 3.05) is 18.1 Å². The number of rotatable bonds is 5. The van der Waals surface area contributed by atoms with E-state index >= 15 is 0 Å². The summed E-state index contributed by atoms with van der Waals surface area (Å²) >= 11 is 3.67. The van der Waals surface area contributed by atoms with Gasteiger partial charge < -0.3 is 9.64 Å². The first-order chi connectivity index (χ1) is 12.6. The minimum Gasteiger partial charge on any atom is -0.493 e. The predicted octanol–water partition coefficient (Wildman–Crippen LogP) is 5.38. The summed E-state index contributed by atoms with van der Waals surface area (Å²) in [7, 11) is 0. The molecule has 2 unspecified atom stereocenters. The summed E-state index contributed by atoms with van der Waals surface area (Å²) in [6.07, 6.45) is 2.46. The van der Waals surface area contributed by atoms with Crippen molar-refractivity contribution < 1.29 is 9.53 Å². The molecule has 2 atom stereocenters. The Morgan fingerprint density at radius 3 is 2.88 bits per heavy atom. The molecule has 1 aliphatic heterocycles. The molecule has 4 rings (SSSR count). The maximum atomic E-state index is 12.8. The molecule has 2 aromatic carbocycles. The zero-order valence-electron chi connectivity index (χ0n) is 15.3. The Balaban J connectivity index is 1.36. The Kier molecular flexibility index (Phi) is 4.78. The van der Waals surface area contributed by atoms with Gasteiger partial charge in [-0.25, -0.2) is 0 Å². The van der Waals surface area contributed by atoms with Crippen LogP contribution in [0.25, 0.3) is 0 Å². The normalized spacial score (nSPS) is 20.3. The third-order valence-corrected chi connectivity index (χ3v) is 6.37. The SMILES string of the molecule is Cc1cccc(OCCCC(=O)N2CC3CC3c3c(Br)cccc32)c1C. The fraction of sp³-hybridized carbons (Fsp3) is 0.409. The number of halogens is 1. The molecule has 1 amide bonds. The molecule has 2 aromatic rings. The van der Waals surface area contributed by atoms with E-state index in [9.17, 15) is 4.79 Å². The van der Waals surface area contributed by atoms with E-state index in [1.54, 1.807) is 0 Å². The molecule has 0 aromatic heterocycles. The number of ether oxygens (including phenoxy) is 1. The molecule has 1 saturated carbocycles. The number of hydrogen-bond acceptors (Lipinski definition) is 2. The van der Waals surface area contributed by atoms with Crippen molar-refractivity contribution in [1.82, 2.24) is 0 Å². The Bertz CT molecular complexity index is 848. The van der Waals surface area contributed by atoms with Crippen molar-refractivity contribution in [3.05, 3.63) is 57.6 Å². The van der Waals surface area contributed by atoms with Gasteiger partial charge in [-0.2, -0.15) is 0 Å². The van der Waals surface area contributed by atoms with Gasteiger partial charge in [0, 0.05) is 23.1 Å². The van der Waals surface area contributed by atoms with Crippen LogP contribution in [0, 0.1) is 19.8 Å². The van der Waals surface area contributed by atoms with Gasteiger partial charge in [-0.1, -0.05) is 34.1 Å². The van der Waals surface area contributed by atoms with Gasteiger partial charge in [0.25, 0.3) is 0 Å². The highest BCUT2D eigenvalue weighted by molar-refractivity contribution is 9.10. The van der Waals surface area contributed by atoms with Crippen LogP contribution in [0.5, 0.6) is 5.75 Å². The van der Waals surface area contributed by atoms with Crippen molar-refractivity contribution in [2.45, 2.75) is 39.0 Å². The molecule has 0 radical (unpaired) electrons. The van der Waals surface area contributed by atoms with Gasteiger partial charge in [0.15, 0.2) is 0 Å². The summed E-state index contributed by atoms with van der Waals surface area (Å²) in [5, 5.41) is 0. The molecule has 3 nitrogen and oxygen atoms in total. The monoisotopic (exact) mass is 413 g/mol. The van der Waals surface area contributed by atoms with Gasteiger partial charge in [0.1, 0.15) is 5.75 Å². The quantitative estimate of drug-likeness (QED) is 0.616. The number of aryl methyl sites for hydroxylation is 1. The van der Waals surface area contributed by atoms with Gasteiger partial charge in [0.2, 0.25) is 5.91 Å². The first-order valence-electron chi connectivity index (χ1n) is 9.34. The lowest BCUT2D eigenvalue weighted by molar-refractivity contribution is -0.118. The second kappa shape index (κ2) is 7.07. The predicted molar refractivity (Wildman–Crippen MR) is 108 cm³/mol. The first-order valence-corrected chi connectivity index (χ1v) is 10.1. The second-order valence-electron chi connectivity index (χ2n) is 7.43. The Morgan fingerprint density at radius 1 is 1.23 bits per heavy atom. The molecule has 1 heterocycles. The molecule has 136 valence electrons. The summed E-state index contributed by atoms with van der Waals surface area (Å²) in [6, 6.07) is 12.3. The number of carbonyl (C=O) groups is 1. The number of amides is 1. The van der Waals surface area contributed by atoms with Crippen molar-refractivity contribution in [3.63, 3.8) is 0 Å². The minimum absolute atomic E-state index is 0.208. The van der Waals surface area contributed by atoms with Crippen molar-refractivity contribution in [1.29, 1.82) is 0 Å². The molecule has 2 aliphatic rings. The molecule has 1 aliphatic carbocycles. The van der Waals surface area contributed by atoms with Crippen LogP contribution in [0.15, 0.2) is 40.9 Å². The molecule has 0 saturated heterocycles. The van der Waals surface area contributed by atoms with Crippen LogP contribution in [0.4, 0.5) is 5.69 Å². The van der Waals surface area contributed by atoms with Crippen LogP contribution in [-0.4, -0.2) is 19.1 Å². The van der Waals surface area contributed by atoms with E-state index in [1.807, 2.05) is 23.1 Å². The van der Waals surface area contributed by atoms with E-state index in [1.165, 1.54) is 23.1 Å². The van der Waals surface area contributed by atoms with E-state index < -0.39 is 0 Å². The number of carbonyl (C=O) groups excluding carboxylic acids is 1. The molecule has 4 heteroatoms. The summed E-state index contributed by atoms with van der Waals surface area (Å²) in [5.74, 6) is 2.40. The van der Waals surface area contributed by atoms with Crippen LogP contribution < -0.4 is 9.64 Å². The topological polar surface area (TPSA) is 29.5 Å². The van der Waals surface area contributed by atoms with Gasteiger partial charge in [-0.3, -0.25) is 4.79 Å². The average molecular weight is 414 g/mol. The molecule has 0 N–H and O–H groups in total. The average Bonchev–Trinajstić information content (AvgIpc) is 3.40. The summed E-state index contributed by atoms with van der Waals surface area (Å²) in [4.78, 5) is 14.8. The highest BCUT2D eigenvalue weighted by atomic mass is 79.9.